The van der Waals surface area contributed by atoms with Gasteiger partial charge in [0.05, 0.1) is 18.3 Å². The molecule has 2 atom stereocenters. The largest absolute Gasteiger partial charge is 0.469 e. The molecule has 5 nitrogen and oxygen atoms in total. The second-order valence-corrected chi connectivity index (χ2v) is 8.78. The zero-order valence-corrected chi connectivity index (χ0v) is 14.1. The van der Waals surface area contributed by atoms with Gasteiger partial charge in [0, 0.05) is 13.1 Å². The molecule has 0 aromatic rings. The Morgan fingerprint density at radius 2 is 1.76 bits per heavy atom. The highest BCUT2D eigenvalue weighted by atomic mass is 32.2. The Morgan fingerprint density at radius 3 is 2.29 bits per heavy atom. The number of carbonyl (C=O) groups excluding carboxylic acids is 1. The number of piperidine rings is 1. The molecule has 2 unspecified atom stereocenters. The summed E-state index contributed by atoms with van der Waals surface area (Å²) in [4.78, 5) is 11.8. The molecule has 2 fully saturated rings. The summed E-state index contributed by atoms with van der Waals surface area (Å²) in [6, 6.07) is 0. The zero-order chi connectivity index (χ0) is 15.6. The van der Waals surface area contributed by atoms with E-state index in [1.165, 1.54) is 7.11 Å². The van der Waals surface area contributed by atoms with Crippen molar-refractivity contribution in [1.29, 1.82) is 0 Å². The molecule has 1 saturated carbocycles. The molecule has 1 aliphatic carbocycles. The summed E-state index contributed by atoms with van der Waals surface area (Å²) >= 11 is 0. The second-order valence-electron chi connectivity index (χ2n) is 6.62. The van der Waals surface area contributed by atoms with Crippen molar-refractivity contribution < 1.29 is 17.9 Å². The SMILES string of the molecule is COC(=O)C1CCCC1S(=O)(=O)N1CCC(C(C)C)CC1. The van der Waals surface area contributed by atoms with E-state index < -0.39 is 21.2 Å². The average molecular weight is 317 g/mol. The van der Waals surface area contributed by atoms with Crippen molar-refractivity contribution in [2.75, 3.05) is 20.2 Å². The van der Waals surface area contributed by atoms with Gasteiger partial charge in [0.1, 0.15) is 0 Å². The van der Waals surface area contributed by atoms with Crippen LogP contribution in [0.2, 0.25) is 0 Å². The van der Waals surface area contributed by atoms with Gasteiger partial charge in [0.2, 0.25) is 10.0 Å². The summed E-state index contributed by atoms with van der Waals surface area (Å²) in [6.45, 7) is 5.57. The predicted molar refractivity (Wildman–Crippen MR) is 81.2 cm³/mol. The third-order valence-electron chi connectivity index (χ3n) is 5.14. The molecule has 1 saturated heterocycles. The van der Waals surface area contributed by atoms with Gasteiger partial charge in [0.25, 0.3) is 0 Å². The van der Waals surface area contributed by atoms with E-state index in [1.807, 2.05) is 0 Å². The topological polar surface area (TPSA) is 63.7 Å². The summed E-state index contributed by atoms with van der Waals surface area (Å²) in [5.41, 5.74) is 0. The molecule has 0 radical (unpaired) electrons. The molecule has 0 bridgehead atoms. The molecule has 21 heavy (non-hydrogen) atoms. The second kappa shape index (κ2) is 6.65. The number of nitrogens with zero attached hydrogens (tertiary/aromatic N) is 1. The van der Waals surface area contributed by atoms with Gasteiger partial charge in [0.15, 0.2) is 0 Å². The van der Waals surface area contributed by atoms with Gasteiger partial charge < -0.3 is 4.74 Å². The molecule has 2 aliphatic rings. The molecule has 0 spiro atoms. The number of sulfonamides is 1. The minimum atomic E-state index is -3.38. The van der Waals surface area contributed by atoms with Gasteiger partial charge in [-0.3, -0.25) is 4.79 Å². The number of carbonyl (C=O) groups is 1. The van der Waals surface area contributed by atoms with Crippen LogP contribution in [0.25, 0.3) is 0 Å². The van der Waals surface area contributed by atoms with Crippen molar-refractivity contribution in [1.82, 2.24) is 4.31 Å². The maximum absolute atomic E-state index is 12.8. The van der Waals surface area contributed by atoms with Crippen molar-refractivity contribution >= 4 is 16.0 Å². The van der Waals surface area contributed by atoms with Crippen LogP contribution >= 0.6 is 0 Å². The van der Waals surface area contributed by atoms with Crippen molar-refractivity contribution in [3.05, 3.63) is 0 Å². The Morgan fingerprint density at radius 1 is 1.14 bits per heavy atom. The molecule has 0 amide bonds. The fourth-order valence-corrected chi connectivity index (χ4v) is 5.92. The number of hydrogen-bond acceptors (Lipinski definition) is 4. The summed E-state index contributed by atoms with van der Waals surface area (Å²) < 4.78 is 32.0. The lowest BCUT2D eigenvalue weighted by molar-refractivity contribution is -0.145. The van der Waals surface area contributed by atoms with E-state index in [1.54, 1.807) is 4.31 Å². The van der Waals surface area contributed by atoms with Crippen LogP contribution in [-0.4, -0.2) is 44.1 Å². The Labute approximate surface area is 128 Å². The van der Waals surface area contributed by atoms with E-state index in [9.17, 15) is 13.2 Å². The van der Waals surface area contributed by atoms with Crippen molar-refractivity contribution in [2.24, 2.45) is 17.8 Å². The number of ether oxygens (including phenoxy) is 1. The summed E-state index contributed by atoms with van der Waals surface area (Å²) in [5, 5.41) is -0.583. The monoisotopic (exact) mass is 317 g/mol. The van der Waals surface area contributed by atoms with E-state index in [0.717, 1.165) is 19.3 Å². The van der Waals surface area contributed by atoms with Crippen LogP contribution in [0.4, 0.5) is 0 Å². The van der Waals surface area contributed by atoms with Crippen LogP contribution in [-0.2, 0) is 19.6 Å². The first-order chi connectivity index (χ1) is 9.87. The molecule has 1 heterocycles. The average Bonchev–Trinajstić information content (AvgIpc) is 2.96. The molecule has 122 valence electrons. The van der Waals surface area contributed by atoms with Crippen molar-refractivity contribution in [3.63, 3.8) is 0 Å². The molecule has 6 heteroatoms. The first-order valence-corrected chi connectivity index (χ1v) is 9.45. The Bertz CT molecular complexity index is 466. The summed E-state index contributed by atoms with van der Waals surface area (Å²) in [7, 11) is -2.05. The minimum Gasteiger partial charge on any atom is -0.469 e. The van der Waals surface area contributed by atoms with Gasteiger partial charge in [-0.25, -0.2) is 12.7 Å². The third-order valence-corrected chi connectivity index (χ3v) is 7.55. The molecule has 0 N–H and O–H groups in total. The van der Waals surface area contributed by atoms with Crippen LogP contribution in [0.1, 0.15) is 46.0 Å². The maximum atomic E-state index is 12.8. The van der Waals surface area contributed by atoms with Crippen LogP contribution in [0, 0.1) is 17.8 Å². The van der Waals surface area contributed by atoms with Gasteiger partial charge >= 0.3 is 5.97 Å². The zero-order valence-electron chi connectivity index (χ0n) is 13.2. The number of rotatable bonds is 4. The fraction of sp³-hybridized carbons (Fsp3) is 0.933. The first kappa shape index (κ1) is 16.7. The van der Waals surface area contributed by atoms with E-state index in [4.69, 9.17) is 4.74 Å². The summed E-state index contributed by atoms with van der Waals surface area (Å²) in [5.74, 6) is 0.349. The maximum Gasteiger partial charge on any atom is 0.310 e. The molecule has 2 rings (SSSR count). The quantitative estimate of drug-likeness (QED) is 0.744. The Balaban J connectivity index is 2.06. The Kier molecular flexibility index (Phi) is 5.30. The van der Waals surface area contributed by atoms with Gasteiger partial charge in [-0.2, -0.15) is 0 Å². The molecular weight excluding hydrogens is 290 g/mol. The summed E-state index contributed by atoms with van der Waals surface area (Å²) in [6.07, 6.45) is 3.83. The van der Waals surface area contributed by atoms with E-state index in [-0.39, 0.29) is 5.97 Å². The molecule has 0 aromatic carbocycles. The molecular formula is C15H27NO4S. The van der Waals surface area contributed by atoms with E-state index in [2.05, 4.69) is 13.8 Å². The van der Waals surface area contributed by atoms with Crippen LogP contribution < -0.4 is 0 Å². The smallest absolute Gasteiger partial charge is 0.310 e. The number of methoxy groups -OCH3 is 1. The number of esters is 1. The van der Waals surface area contributed by atoms with Gasteiger partial charge in [-0.1, -0.05) is 20.3 Å². The highest BCUT2D eigenvalue weighted by Crippen LogP contribution is 2.35. The van der Waals surface area contributed by atoms with Crippen LogP contribution in [0.5, 0.6) is 0 Å². The Hall–Kier alpha value is -0.620. The van der Waals surface area contributed by atoms with Crippen LogP contribution in [0.15, 0.2) is 0 Å². The standard InChI is InChI=1S/C15H27NO4S/c1-11(2)12-7-9-16(10-8-12)21(18,19)14-6-4-5-13(14)15(17)20-3/h11-14H,4-10H2,1-3H3. The van der Waals surface area contributed by atoms with Gasteiger partial charge in [-0.05, 0) is 37.5 Å². The van der Waals surface area contributed by atoms with Gasteiger partial charge in [-0.15, -0.1) is 0 Å². The lowest BCUT2D eigenvalue weighted by atomic mass is 9.87. The molecule has 0 aromatic heterocycles. The minimum absolute atomic E-state index is 0.377. The third kappa shape index (κ3) is 3.42. The van der Waals surface area contributed by atoms with Crippen LogP contribution in [0.3, 0.4) is 0 Å². The predicted octanol–water partition coefficient (Wildman–Crippen LogP) is 2.03. The van der Waals surface area contributed by atoms with Crippen molar-refractivity contribution in [3.8, 4) is 0 Å². The highest BCUT2D eigenvalue weighted by molar-refractivity contribution is 7.89. The first-order valence-electron chi connectivity index (χ1n) is 7.94. The van der Waals surface area contributed by atoms with Crippen molar-refractivity contribution in [2.45, 2.75) is 51.2 Å². The fourth-order valence-electron chi connectivity index (χ4n) is 3.69. The molecule has 1 aliphatic heterocycles. The lowest BCUT2D eigenvalue weighted by Crippen LogP contribution is -2.46. The van der Waals surface area contributed by atoms with E-state index in [0.29, 0.717) is 37.8 Å². The lowest BCUT2D eigenvalue weighted by Gasteiger charge is -2.35. The number of hydrogen-bond donors (Lipinski definition) is 0. The highest BCUT2D eigenvalue weighted by Gasteiger charge is 2.45. The van der Waals surface area contributed by atoms with E-state index >= 15 is 0 Å². The normalized spacial score (nSPS) is 29.0.